The first-order valence-corrected chi connectivity index (χ1v) is 6.20. The van der Waals surface area contributed by atoms with Crippen LogP contribution in [0.4, 0.5) is 13.2 Å². The lowest BCUT2D eigenvalue weighted by atomic mass is 9.97. The van der Waals surface area contributed by atoms with Crippen molar-refractivity contribution in [3.8, 4) is 0 Å². The molecule has 0 nitrogen and oxygen atoms in total. The smallest absolute Gasteiger partial charge is 0.194 e. The molecule has 0 heterocycles. The average molecular weight is 285 g/mol. The Kier molecular flexibility index (Phi) is 3.85. The average Bonchev–Trinajstić information content (AvgIpc) is 2.38. The molecule has 0 spiro atoms. The van der Waals surface area contributed by atoms with Gasteiger partial charge in [-0.15, -0.1) is 11.6 Å². The summed E-state index contributed by atoms with van der Waals surface area (Å²) in [6.07, 6.45) is 0. The van der Waals surface area contributed by atoms with Crippen LogP contribution < -0.4 is 0 Å². The first-order chi connectivity index (χ1) is 8.91. The molecule has 0 amide bonds. The maximum Gasteiger partial charge on any atom is 0.194 e. The highest BCUT2D eigenvalue weighted by molar-refractivity contribution is 6.22. The van der Waals surface area contributed by atoms with Crippen LogP contribution >= 0.6 is 11.6 Å². The van der Waals surface area contributed by atoms with Crippen LogP contribution in [0.2, 0.25) is 0 Å². The molecule has 0 aliphatic rings. The molecule has 0 fully saturated rings. The number of hydrogen-bond acceptors (Lipinski definition) is 0. The van der Waals surface area contributed by atoms with Crippen LogP contribution in [0.15, 0.2) is 30.3 Å². The zero-order valence-electron chi connectivity index (χ0n) is 10.5. The monoisotopic (exact) mass is 284 g/mol. The number of benzene rings is 2. The van der Waals surface area contributed by atoms with Crippen molar-refractivity contribution < 1.29 is 13.2 Å². The molecule has 0 radical (unpaired) electrons. The molecule has 2 rings (SSSR count). The maximum atomic E-state index is 13.7. The summed E-state index contributed by atoms with van der Waals surface area (Å²) in [5.74, 6) is -3.94. The molecule has 0 saturated carbocycles. The SMILES string of the molecule is Cc1ccc(C)c(C(Cl)c2ccc(F)c(F)c2F)c1. The fourth-order valence-electron chi connectivity index (χ4n) is 1.94. The minimum atomic E-state index is -1.49. The van der Waals surface area contributed by atoms with Crippen LogP contribution in [-0.4, -0.2) is 0 Å². The van der Waals surface area contributed by atoms with Gasteiger partial charge >= 0.3 is 0 Å². The van der Waals surface area contributed by atoms with Gasteiger partial charge in [0, 0.05) is 5.56 Å². The molecule has 1 atom stereocenters. The van der Waals surface area contributed by atoms with Gasteiger partial charge in [0.05, 0.1) is 5.38 Å². The van der Waals surface area contributed by atoms with Crippen molar-refractivity contribution in [1.29, 1.82) is 0 Å². The fraction of sp³-hybridized carbons (Fsp3) is 0.200. The number of aryl methyl sites for hydroxylation is 2. The van der Waals surface area contributed by atoms with Gasteiger partial charge in [0.1, 0.15) is 0 Å². The number of rotatable bonds is 2. The van der Waals surface area contributed by atoms with Crippen molar-refractivity contribution in [2.24, 2.45) is 0 Å². The quantitative estimate of drug-likeness (QED) is 0.535. The molecule has 100 valence electrons. The van der Waals surface area contributed by atoms with Crippen LogP contribution in [0.3, 0.4) is 0 Å². The van der Waals surface area contributed by atoms with E-state index in [2.05, 4.69) is 0 Å². The Morgan fingerprint density at radius 1 is 0.895 bits per heavy atom. The van der Waals surface area contributed by atoms with Crippen LogP contribution in [0.1, 0.15) is 27.6 Å². The molecule has 2 aromatic carbocycles. The Morgan fingerprint density at radius 3 is 2.26 bits per heavy atom. The largest absolute Gasteiger partial charge is 0.204 e. The van der Waals surface area contributed by atoms with Crippen molar-refractivity contribution in [2.75, 3.05) is 0 Å². The topological polar surface area (TPSA) is 0 Å². The van der Waals surface area contributed by atoms with Gasteiger partial charge in [-0.3, -0.25) is 0 Å². The van der Waals surface area contributed by atoms with E-state index in [1.807, 2.05) is 32.0 Å². The van der Waals surface area contributed by atoms with Crippen molar-refractivity contribution in [3.63, 3.8) is 0 Å². The van der Waals surface area contributed by atoms with E-state index in [1.54, 1.807) is 0 Å². The first-order valence-electron chi connectivity index (χ1n) is 5.76. The summed E-state index contributed by atoms with van der Waals surface area (Å²) in [5.41, 5.74) is 2.46. The molecule has 0 aliphatic carbocycles. The predicted molar refractivity (Wildman–Crippen MR) is 69.9 cm³/mol. The Labute approximate surface area is 114 Å². The highest BCUT2D eigenvalue weighted by atomic mass is 35.5. The molecule has 4 heteroatoms. The summed E-state index contributed by atoms with van der Waals surface area (Å²) in [7, 11) is 0. The lowest BCUT2D eigenvalue weighted by molar-refractivity contribution is 0.441. The Bertz CT molecular complexity index is 623. The number of halogens is 4. The van der Waals surface area contributed by atoms with Gasteiger partial charge in [0.15, 0.2) is 17.5 Å². The number of hydrogen-bond donors (Lipinski definition) is 0. The van der Waals surface area contributed by atoms with Crippen molar-refractivity contribution >= 4 is 11.6 Å². The van der Waals surface area contributed by atoms with Gasteiger partial charge in [-0.25, -0.2) is 13.2 Å². The summed E-state index contributed by atoms with van der Waals surface area (Å²) < 4.78 is 39.9. The Hall–Kier alpha value is -1.48. The van der Waals surface area contributed by atoms with E-state index < -0.39 is 22.8 Å². The molecule has 0 saturated heterocycles. The van der Waals surface area contributed by atoms with E-state index >= 15 is 0 Å². The summed E-state index contributed by atoms with van der Waals surface area (Å²) in [4.78, 5) is 0. The molecular weight excluding hydrogens is 273 g/mol. The van der Waals surface area contributed by atoms with E-state index in [0.29, 0.717) is 5.56 Å². The third-order valence-electron chi connectivity index (χ3n) is 3.05. The van der Waals surface area contributed by atoms with E-state index in [0.717, 1.165) is 17.2 Å². The van der Waals surface area contributed by atoms with E-state index in [4.69, 9.17) is 11.6 Å². The Morgan fingerprint density at radius 2 is 1.58 bits per heavy atom. The van der Waals surface area contributed by atoms with Crippen molar-refractivity contribution in [1.82, 2.24) is 0 Å². The van der Waals surface area contributed by atoms with Gasteiger partial charge in [-0.05, 0) is 31.0 Å². The lowest BCUT2D eigenvalue weighted by Crippen LogP contribution is -2.03. The Balaban J connectivity index is 2.53. The molecule has 2 aromatic rings. The van der Waals surface area contributed by atoms with E-state index in [9.17, 15) is 13.2 Å². The maximum absolute atomic E-state index is 13.7. The van der Waals surface area contributed by atoms with Gasteiger partial charge in [-0.2, -0.15) is 0 Å². The summed E-state index contributed by atoms with van der Waals surface area (Å²) >= 11 is 6.21. The second-order valence-electron chi connectivity index (χ2n) is 4.49. The second kappa shape index (κ2) is 5.25. The molecule has 0 aliphatic heterocycles. The van der Waals surface area contributed by atoms with Gasteiger partial charge in [-0.1, -0.05) is 29.8 Å². The van der Waals surface area contributed by atoms with Gasteiger partial charge in [0.25, 0.3) is 0 Å². The molecule has 0 N–H and O–H groups in total. The number of alkyl halides is 1. The highest BCUT2D eigenvalue weighted by Gasteiger charge is 2.21. The fourth-order valence-corrected chi connectivity index (χ4v) is 2.34. The second-order valence-corrected chi connectivity index (χ2v) is 4.92. The minimum absolute atomic E-state index is 0.0609. The van der Waals surface area contributed by atoms with Crippen LogP contribution in [0, 0.1) is 31.3 Å². The summed E-state index contributed by atoms with van der Waals surface area (Å²) in [6.45, 7) is 3.72. The third-order valence-corrected chi connectivity index (χ3v) is 3.52. The molecule has 19 heavy (non-hydrogen) atoms. The van der Waals surface area contributed by atoms with Crippen molar-refractivity contribution in [2.45, 2.75) is 19.2 Å². The molecule has 1 unspecified atom stereocenters. The van der Waals surface area contributed by atoms with E-state index in [1.165, 1.54) is 6.07 Å². The lowest BCUT2D eigenvalue weighted by Gasteiger charge is -2.15. The van der Waals surface area contributed by atoms with Crippen LogP contribution in [-0.2, 0) is 0 Å². The highest BCUT2D eigenvalue weighted by Crippen LogP contribution is 2.34. The predicted octanol–water partition coefficient (Wildman–Crippen LogP) is 5.05. The zero-order valence-corrected chi connectivity index (χ0v) is 11.2. The summed E-state index contributed by atoms with van der Waals surface area (Å²) in [5, 5.41) is -0.852. The minimum Gasteiger partial charge on any atom is -0.204 e. The van der Waals surface area contributed by atoms with Gasteiger partial charge in [0.2, 0.25) is 0 Å². The van der Waals surface area contributed by atoms with Crippen molar-refractivity contribution in [3.05, 3.63) is 70.0 Å². The van der Waals surface area contributed by atoms with Gasteiger partial charge < -0.3 is 0 Å². The first kappa shape index (κ1) is 13.9. The van der Waals surface area contributed by atoms with Crippen LogP contribution in [0.5, 0.6) is 0 Å². The molecular formula is C15H12ClF3. The third kappa shape index (κ3) is 2.61. The molecule has 0 aromatic heterocycles. The normalized spacial score (nSPS) is 12.5. The molecule has 0 bridgehead atoms. The van der Waals surface area contributed by atoms with Crippen LogP contribution in [0.25, 0.3) is 0 Å². The van der Waals surface area contributed by atoms with E-state index in [-0.39, 0.29) is 5.56 Å². The zero-order chi connectivity index (χ0) is 14.2. The standard InChI is InChI=1S/C15H12ClF3/c1-8-3-4-9(2)11(7-8)13(16)10-5-6-12(17)15(19)14(10)18/h3-7,13H,1-2H3. The summed E-state index contributed by atoms with van der Waals surface area (Å²) in [6, 6.07) is 7.64.